The van der Waals surface area contributed by atoms with Gasteiger partial charge >= 0.3 is 0 Å². The Bertz CT molecular complexity index is 1040. The van der Waals surface area contributed by atoms with Crippen molar-refractivity contribution in [3.05, 3.63) is 88.1 Å². The van der Waals surface area contributed by atoms with Crippen LogP contribution in [0.3, 0.4) is 0 Å². The zero-order chi connectivity index (χ0) is 20.9. The second-order valence-corrected chi connectivity index (χ2v) is 8.09. The zero-order valence-electron chi connectivity index (χ0n) is 16.4. The van der Waals surface area contributed by atoms with E-state index in [9.17, 15) is 14.4 Å². The van der Waals surface area contributed by atoms with Crippen molar-refractivity contribution >= 4 is 34.6 Å². The molecule has 0 aliphatic carbocycles. The highest BCUT2D eigenvalue weighted by molar-refractivity contribution is 7.08. The average Bonchev–Trinajstić information content (AvgIpc) is 3.34. The van der Waals surface area contributed by atoms with E-state index < -0.39 is 0 Å². The minimum absolute atomic E-state index is 0.0648. The molecular formula is C24H22N2O3S. The van der Waals surface area contributed by atoms with E-state index in [0.717, 1.165) is 5.56 Å². The quantitative estimate of drug-likeness (QED) is 0.609. The molecule has 0 spiro atoms. The largest absolute Gasteiger partial charge is 0.339 e. The molecule has 0 bridgehead atoms. The minimum Gasteiger partial charge on any atom is -0.339 e. The van der Waals surface area contributed by atoms with Crippen LogP contribution in [0, 0.1) is 5.92 Å². The van der Waals surface area contributed by atoms with Crippen LogP contribution in [0.1, 0.15) is 43.9 Å². The third kappa shape index (κ3) is 4.33. The van der Waals surface area contributed by atoms with Crippen LogP contribution in [0.5, 0.6) is 0 Å². The van der Waals surface area contributed by atoms with Crippen LogP contribution in [0.2, 0.25) is 0 Å². The summed E-state index contributed by atoms with van der Waals surface area (Å²) in [5, 5.41) is 6.46. The number of anilines is 1. The number of nitrogens with zero attached hydrogens (tertiary/aromatic N) is 1. The van der Waals surface area contributed by atoms with Crippen LogP contribution in [0.15, 0.2) is 71.4 Å². The van der Waals surface area contributed by atoms with Gasteiger partial charge in [0, 0.05) is 30.0 Å². The molecule has 0 unspecified atom stereocenters. The lowest BCUT2D eigenvalue weighted by atomic mass is 9.88. The number of rotatable bonds is 5. The van der Waals surface area contributed by atoms with Crippen molar-refractivity contribution in [2.75, 3.05) is 18.4 Å². The number of amides is 2. The Balaban J connectivity index is 1.42. The number of carbonyl (C=O) groups is 3. The highest BCUT2D eigenvalue weighted by Crippen LogP contribution is 2.25. The molecule has 1 N–H and O–H groups in total. The Morgan fingerprint density at radius 2 is 1.57 bits per heavy atom. The van der Waals surface area contributed by atoms with Crippen molar-refractivity contribution < 1.29 is 14.4 Å². The fourth-order valence-electron chi connectivity index (χ4n) is 3.72. The van der Waals surface area contributed by atoms with Crippen molar-refractivity contribution in [3.8, 4) is 0 Å². The zero-order valence-corrected chi connectivity index (χ0v) is 17.2. The number of ketones is 1. The van der Waals surface area contributed by atoms with E-state index in [0.29, 0.717) is 42.7 Å². The molecular weight excluding hydrogens is 396 g/mol. The number of piperidine rings is 1. The molecule has 0 atom stereocenters. The van der Waals surface area contributed by atoms with Crippen molar-refractivity contribution in [2.45, 2.75) is 12.8 Å². The Morgan fingerprint density at radius 3 is 2.27 bits per heavy atom. The Morgan fingerprint density at radius 1 is 0.867 bits per heavy atom. The van der Waals surface area contributed by atoms with Crippen LogP contribution in [-0.4, -0.2) is 35.6 Å². The molecule has 5 nitrogen and oxygen atoms in total. The van der Waals surface area contributed by atoms with E-state index in [1.807, 2.05) is 35.7 Å². The Labute approximate surface area is 179 Å². The summed E-state index contributed by atoms with van der Waals surface area (Å²) in [4.78, 5) is 40.0. The van der Waals surface area contributed by atoms with E-state index in [1.54, 1.807) is 40.6 Å². The summed E-state index contributed by atoms with van der Waals surface area (Å²) in [6.45, 7) is 1.05. The van der Waals surface area contributed by atoms with Crippen molar-refractivity contribution in [1.29, 1.82) is 0 Å². The molecule has 152 valence electrons. The molecule has 1 saturated heterocycles. The molecule has 3 aromatic rings. The minimum atomic E-state index is -0.233. The summed E-state index contributed by atoms with van der Waals surface area (Å²) < 4.78 is 0. The molecule has 1 aliphatic heterocycles. The molecule has 1 aromatic heterocycles. The number of Topliss-reactive ketones (excluding diaryl/α,β-unsaturated/α-hetero) is 1. The van der Waals surface area contributed by atoms with Gasteiger partial charge in [0.25, 0.3) is 11.8 Å². The van der Waals surface area contributed by atoms with Gasteiger partial charge in [-0.3, -0.25) is 14.4 Å². The standard InChI is InChI=1S/C24H22N2O3S/c27-22(17-6-2-1-3-7-17)18-10-13-26(14-11-18)24(29)20-8-4-5-9-21(20)25-23(28)19-12-15-30-16-19/h1-9,12,15-16,18H,10-11,13-14H2,(H,25,28). The van der Waals surface area contributed by atoms with E-state index in [4.69, 9.17) is 0 Å². The Kier molecular flexibility index (Phi) is 6.05. The maximum atomic E-state index is 13.1. The lowest BCUT2D eigenvalue weighted by Crippen LogP contribution is -2.40. The first-order chi connectivity index (χ1) is 14.6. The summed E-state index contributed by atoms with van der Waals surface area (Å²) in [5.74, 6) is -0.276. The number of hydrogen-bond donors (Lipinski definition) is 1. The highest BCUT2D eigenvalue weighted by atomic mass is 32.1. The summed E-state index contributed by atoms with van der Waals surface area (Å²) in [6.07, 6.45) is 1.28. The van der Waals surface area contributed by atoms with Gasteiger partial charge in [-0.2, -0.15) is 11.3 Å². The van der Waals surface area contributed by atoms with Crippen LogP contribution in [0.4, 0.5) is 5.69 Å². The van der Waals surface area contributed by atoms with E-state index in [-0.39, 0.29) is 23.5 Å². The fraction of sp³-hybridized carbons (Fsp3) is 0.208. The van der Waals surface area contributed by atoms with Crippen LogP contribution in [0.25, 0.3) is 0 Å². The van der Waals surface area contributed by atoms with E-state index in [1.165, 1.54) is 11.3 Å². The molecule has 4 rings (SSSR count). The second kappa shape index (κ2) is 9.05. The first kappa shape index (κ1) is 20.0. The van der Waals surface area contributed by atoms with Crippen LogP contribution in [-0.2, 0) is 0 Å². The summed E-state index contributed by atoms with van der Waals surface area (Å²) in [6, 6.07) is 18.1. The van der Waals surface area contributed by atoms with Gasteiger partial charge in [0.05, 0.1) is 16.8 Å². The molecule has 6 heteroatoms. The fourth-order valence-corrected chi connectivity index (χ4v) is 4.36. The predicted octanol–water partition coefficient (Wildman–Crippen LogP) is 4.74. The molecule has 30 heavy (non-hydrogen) atoms. The third-order valence-electron chi connectivity index (χ3n) is 5.40. The number of para-hydroxylation sites is 1. The molecule has 1 fully saturated rings. The maximum Gasteiger partial charge on any atom is 0.256 e. The lowest BCUT2D eigenvalue weighted by Gasteiger charge is -2.32. The average molecular weight is 419 g/mol. The molecule has 1 aliphatic rings. The summed E-state index contributed by atoms with van der Waals surface area (Å²) in [5.41, 5.74) is 2.27. The normalized spacial score (nSPS) is 14.3. The number of benzene rings is 2. The predicted molar refractivity (Wildman–Crippen MR) is 118 cm³/mol. The van der Waals surface area contributed by atoms with Gasteiger partial charge in [-0.05, 0) is 36.4 Å². The van der Waals surface area contributed by atoms with Gasteiger partial charge in [0.2, 0.25) is 0 Å². The first-order valence-electron chi connectivity index (χ1n) is 9.94. The van der Waals surface area contributed by atoms with Crippen molar-refractivity contribution in [2.24, 2.45) is 5.92 Å². The number of nitrogens with one attached hydrogen (secondary N) is 1. The summed E-state index contributed by atoms with van der Waals surface area (Å²) in [7, 11) is 0. The van der Waals surface area contributed by atoms with Crippen LogP contribution >= 0.6 is 11.3 Å². The van der Waals surface area contributed by atoms with Crippen molar-refractivity contribution in [3.63, 3.8) is 0 Å². The molecule has 0 radical (unpaired) electrons. The monoisotopic (exact) mass is 418 g/mol. The van der Waals surface area contributed by atoms with Gasteiger partial charge in [0.15, 0.2) is 5.78 Å². The van der Waals surface area contributed by atoms with E-state index in [2.05, 4.69) is 5.32 Å². The molecule has 0 saturated carbocycles. The third-order valence-corrected chi connectivity index (χ3v) is 6.08. The smallest absolute Gasteiger partial charge is 0.256 e. The summed E-state index contributed by atoms with van der Waals surface area (Å²) >= 11 is 1.45. The lowest BCUT2D eigenvalue weighted by molar-refractivity contribution is 0.0651. The first-order valence-corrected chi connectivity index (χ1v) is 10.9. The van der Waals surface area contributed by atoms with Gasteiger partial charge in [-0.15, -0.1) is 0 Å². The maximum absolute atomic E-state index is 13.1. The highest BCUT2D eigenvalue weighted by Gasteiger charge is 2.29. The SMILES string of the molecule is O=C(Nc1ccccc1C(=O)N1CCC(C(=O)c2ccccc2)CC1)c1ccsc1. The van der Waals surface area contributed by atoms with Gasteiger partial charge in [-0.25, -0.2) is 0 Å². The van der Waals surface area contributed by atoms with Crippen molar-refractivity contribution in [1.82, 2.24) is 4.90 Å². The number of hydrogen-bond acceptors (Lipinski definition) is 4. The topological polar surface area (TPSA) is 66.5 Å². The second-order valence-electron chi connectivity index (χ2n) is 7.31. The van der Waals surface area contributed by atoms with Gasteiger partial charge in [0.1, 0.15) is 0 Å². The molecule has 2 aromatic carbocycles. The van der Waals surface area contributed by atoms with Gasteiger partial charge in [-0.1, -0.05) is 42.5 Å². The number of carbonyl (C=O) groups excluding carboxylic acids is 3. The number of likely N-dealkylation sites (tertiary alicyclic amines) is 1. The number of thiophene rings is 1. The Hall–Kier alpha value is -3.25. The molecule has 2 heterocycles. The van der Waals surface area contributed by atoms with Gasteiger partial charge < -0.3 is 10.2 Å². The van der Waals surface area contributed by atoms with Crippen LogP contribution < -0.4 is 5.32 Å². The van der Waals surface area contributed by atoms with E-state index >= 15 is 0 Å². The molecule has 2 amide bonds.